The van der Waals surface area contributed by atoms with E-state index in [1.165, 1.54) is 36.7 Å². The molecule has 0 bridgehead atoms. The van der Waals surface area contributed by atoms with Crippen LogP contribution in [0.5, 0.6) is 11.5 Å². The molecule has 0 saturated heterocycles. The number of anilines is 1. The number of nitro benzene ring substituents is 1. The lowest BCUT2D eigenvalue weighted by Gasteiger charge is -2.31. The highest BCUT2D eigenvalue weighted by molar-refractivity contribution is 7.92. The van der Waals surface area contributed by atoms with Crippen LogP contribution in [-0.4, -0.2) is 27.6 Å². The first-order valence-corrected chi connectivity index (χ1v) is 11.2. The topological polar surface area (TPSA) is 99.0 Å². The van der Waals surface area contributed by atoms with Crippen molar-refractivity contribution >= 4 is 21.4 Å². The van der Waals surface area contributed by atoms with Crippen LogP contribution in [0.3, 0.4) is 0 Å². The average Bonchev–Trinajstić information content (AvgIpc) is 2.78. The van der Waals surface area contributed by atoms with Gasteiger partial charge in [-0.25, -0.2) is 8.42 Å². The highest BCUT2D eigenvalue weighted by Crippen LogP contribution is 2.38. The molecule has 0 saturated carbocycles. The lowest BCUT2D eigenvalue weighted by Crippen LogP contribution is -2.33. The van der Waals surface area contributed by atoms with Gasteiger partial charge >= 0.3 is 0 Å². The highest BCUT2D eigenvalue weighted by atomic mass is 32.2. The number of nitro groups is 1. The van der Waals surface area contributed by atoms with E-state index in [2.05, 4.69) is 0 Å². The molecule has 1 atom stereocenters. The van der Waals surface area contributed by atoms with Gasteiger partial charge < -0.3 is 9.47 Å². The van der Waals surface area contributed by atoms with Gasteiger partial charge in [-0.3, -0.25) is 14.4 Å². The summed E-state index contributed by atoms with van der Waals surface area (Å²) in [6.45, 7) is 3.69. The molecule has 0 aromatic heterocycles. The summed E-state index contributed by atoms with van der Waals surface area (Å²) in [4.78, 5) is 10.4. The third kappa shape index (κ3) is 4.52. The molecule has 0 radical (unpaired) electrons. The summed E-state index contributed by atoms with van der Waals surface area (Å²) in [6.07, 6.45) is 0. The first kappa shape index (κ1) is 23.1. The molecule has 3 rings (SSSR count). The molecule has 0 aliphatic heterocycles. The van der Waals surface area contributed by atoms with E-state index in [0.29, 0.717) is 17.2 Å². The van der Waals surface area contributed by atoms with Gasteiger partial charge in [0.2, 0.25) is 0 Å². The van der Waals surface area contributed by atoms with E-state index in [-0.39, 0.29) is 10.6 Å². The maximum absolute atomic E-state index is 13.8. The molecular weight excluding hydrogens is 432 g/mol. The Bertz CT molecular complexity index is 1240. The zero-order chi connectivity index (χ0) is 23.5. The van der Waals surface area contributed by atoms with Crippen molar-refractivity contribution in [3.05, 3.63) is 88.0 Å². The second-order valence-corrected chi connectivity index (χ2v) is 9.00. The summed E-state index contributed by atoms with van der Waals surface area (Å²) in [5, 5.41) is 11.2. The maximum atomic E-state index is 13.8. The van der Waals surface area contributed by atoms with E-state index in [9.17, 15) is 18.5 Å². The maximum Gasteiger partial charge on any atom is 0.270 e. The largest absolute Gasteiger partial charge is 0.493 e. The number of non-ortho nitro benzene ring substituents is 1. The van der Waals surface area contributed by atoms with Gasteiger partial charge in [-0.1, -0.05) is 35.9 Å². The van der Waals surface area contributed by atoms with E-state index >= 15 is 0 Å². The minimum absolute atomic E-state index is 0.180. The quantitative estimate of drug-likeness (QED) is 0.354. The third-order valence-corrected chi connectivity index (χ3v) is 6.98. The fourth-order valence-electron chi connectivity index (χ4n) is 3.47. The Kier molecular flexibility index (Phi) is 6.69. The van der Waals surface area contributed by atoms with Crippen LogP contribution in [0.15, 0.2) is 71.6 Å². The Morgan fingerprint density at radius 1 is 0.938 bits per heavy atom. The molecule has 0 heterocycles. The zero-order valence-corrected chi connectivity index (χ0v) is 19.0. The van der Waals surface area contributed by atoms with Crippen LogP contribution in [0.4, 0.5) is 11.4 Å². The predicted molar refractivity (Wildman–Crippen MR) is 122 cm³/mol. The van der Waals surface area contributed by atoms with Crippen molar-refractivity contribution in [1.82, 2.24) is 0 Å². The van der Waals surface area contributed by atoms with Crippen molar-refractivity contribution in [1.29, 1.82) is 0 Å². The van der Waals surface area contributed by atoms with Gasteiger partial charge in [0.05, 0.1) is 35.8 Å². The minimum atomic E-state index is -4.18. The fraction of sp³-hybridized carbons (Fsp3) is 0.217. The number of aryl methyl sites for hydroxylation is 1. The van der Waals surface area contributed by atoms with Gasteiger partial charge in [-0.2, -0.15) is 0 Å². The van der Waals surface area contributed by atoms with Crippen LogP contribution in [-0.2, 0) is 10.0 Å². The standard InChI is InChI=1S/C23H24N2O6S/c1-16-7-5-8-18(13-16)17(2)24(19-11-12-22(30-3)23(15-19)31-4)32(28,29)21-10-6-9-20(14-21)25(26)27/h5-15,17H,1-4H3. The minimum Gasteiger partial charge on any atom is -0.493 e. The number of nitrogens with zero attached hydrogens (tertiary/aromatic N) is 2. The summed E-state index contributed by atoms with van der Waals surface area (Å²) in [5.41, 5.74) is 1.79. The van der Waals surface area contributed by atoms with Crippen LogP contribution >= 0.6 is 0 Å². The Labute approximate surface area is 187 Å². The first-order chi connectivity index (χ1) is 15.2. The summed E-state index contributed by atoms with van der Waals surface area (Å²) in [5.74, 6) is 0.813. The van der Waals surface area contributed by atoms with E-state index < -0.39 is 21.0 Å². The van der Waals surface area contributed by atoms with Gasteiger partial charge in [0.1, 0.15) is 0 Å². The second kappa shape index (κ2) is 9.27. The normalized spacial score (nSPS) is 12.1. The molecule has 0 N–H and O–H groups in total. The molecule has 0 spiro atoms. The molecule has 0 amide bonds. The SMILES string of the molecule is COc1ccc(N(C(C)c2cccc(C)c2)S(=O)(=O)c2cccc([N+](=O)[O-])c2)cc1OC. The molecule has 32 heavy (non-hydrogen) atoms. The molecule has 3 aromatic carbocycles. The zero-order valence-electron chi connectivity index (χ0n) is 18.2. The molecule has 0 fully saturated rings. The Morgan fingerprint density at radius 3 is 2.25 bits per heavy atom. The van der Waals surface area contributed by atoms with Gasteiger partial charge in [-0.15, -0.1) is 0 Å². The van der Waals surface area contributed by atoms with E-state index in [4.69, 9.17) is 9.47 Å². The number of benzene rings is 3. The lowest BCUT2D eigenvalue weighted by atomic mass is 10.1. The molecule has 3 aromatic rings. The average molecular weight is 457 g/mol. The predicted octanol–water partition coefficient (Wildman–Crippen LogP) is 4.88. The van der Waals surface area contributed by atoms with E-state index in [0.717, 1.165) is 17.2 Å². The molecule has 0 aliphatic rings. The van der Waals surface area contributed by atoms with Gasteiger partial charge in [-0.05, 0) is 37.6 Å². The monoisotopic (exact) mass is 456 g/mol. The first-order valence-electron chi connectivity index (χ1n) is 9.76. The molecule has 9 heteroatoms. The molecule has 1 unspecified atom stereocenters. The van der Waals surface area contributed by atoms with Crippen molar-refractivity contribution < 1.29 is 22.8 Å². The molecule has 0 aliphatic carbocycles. The summed E-state index contributed by atoms with van der Waals surface area (Å²) in [7, 11) is -1.23. The van der Waals surface area contributed by atoms with Crippen LogP contribution in [0.1, 0.15) is 24.1 Å². The van der Waals surface area contributed by atoms with Gasteiger partial charge in [0, 0.05) is 18.2 Å². The van der Waals surface area contributed by atoms with Crippen molar-refractivity contribution in [2.45, 2.75) is 24.8 Å². The second-order valence-electron chi connectivity index (χ2n) is 7.18. The van der Waals surface area contributed by atoms with Crippen molar-refractivity contribution in [3.8, 4) is 11.5 Å². The number of sulfonamides is 1. The van der Waals surface area contributed by atoms with Crippen molar-refractivity contribution in [2.75, 3.05) is 18.5 Å². The number of rotatable bonds is 8. The summed E-state index contributed by atoms with van der Waals surface area (Å²) >= 11 is 0. The summed E-state index contributed by atoms with van der Waals surface area (Å²) < 4.78 is 39.5. The van der Waals surface area contributed by atoms with E-state index in [1.54, 1.807) is 25.1 Å². The van der Waals surface area contributed by atoms with Crippen LogP contribution in [0, 0.1) is 17.0 Å². The number of ether oxygens (including phenoxy) is 2. The number of methoxy groups -OCH3 is 2. The third-order valence-electron chi connectivity index (χ3n) is 5.08. The Hall–Kier alpha value is -3.59. The lowest BCUT2D eigenvalue weighted by molar-refractivity contribution is -0.385. The van der Waals surface area contributed by atoms with E-state index in [1.807, 2.05) is 31.2 Å². The summed E-state index contributed by atoms with van der Waals surface area (Å²) in [6, 6.07) is 16.7. The Balaban J connectivity index is 2.22. The molecule has 168 valence electrons. The van der Waals surface area contributed by atoms with Crippen molar-refractivity contribution in [3.63, 3.8) is 0 Å². The Morgan fingerprint density at radius 2 is 1.62 bits per heavy atom. The van der Waals surface area contributed by atoms with Crippen molar-refractivity contribution in [2.24, 2.45) is 0 Å². The fourth-order valence-corrected chi connectivity index (χ4v) is 5.15. The highest BCUT2D eigenvalue weighted by Gasteiger charge is 2.32. The van der Waals surface area contributed by atoms with Crippen LogP contribution in [0.2, 0.25) is 0 Å². The van der Waals surface area contributed by atoms with Gasteiger partial charge in [0.25, 0.3) is 15.7 Å². The van der Waals surface area contributed by atoms with Gasteiger partial charge in [0.15, 0.2) is 11.5 Å². The van der Waals surface area contributed by atoms with Crippen LogP contribution in [0.25, 0.3) is 0 Å². The smallest absolute Gasteiger partial charge is 0.270 e. The van der Waals surface area contributed by atoms with Crippen LogP contribution < -0.4 is 13.8 Å². The molecule has 8 nitrogen and oxygen atoms in total. The number of hydrogen-bond donors (Lipinski definition) is 0. The number of hydrogen-bond acceptors (Lipinski definition) is 6. The molecular formula is C23H24N2O6S.